The number of allylic oxidation sites excluding steroid dienone is 1. The molecule has 3 nitrogen and oxygen atoms in total. The largest absolute Gasteiger partial charge is 0.316 e. The average molecular weight is 193 g/mol. The molecule has 1 amide bonds. The van der Waals surface area contributed by atoms with Crippen molar-refractivity contribution in [2.75, 3.05) is 0 Å². The summed E-state index contributed by atoms with van der Waals surface area (Å²) in [6.45, 7) is 2.05. The van der Waals surface area contributed by atoms with Crippen LogP contribution in [0.15, 0.2) is 11.8 Å². The zero-order valence-electron chi connectivity index (χ0n) is 8.40. The van der Waals surface area contributed by atoms with E-state index in [9.17, 15) is 9.59 Å². The quantitative estimate of drug-likeness (QED) is 0.592. The molecule has 0 bridgehead atoms. The fourth-order valence-corrected chi connectivity index (χ4v) is 2.35. The van der Waals surface area contributed by atoms with Crippen molar-refractivity contribution < 1.29 is 9.59 Å². The second-order valence-corrected chi connectivity index (χ2v) is 4.23. The highest BCUT2D eigenvalue weighted by Crippen LogP contribution is 2.31. The number of fused-ring (bicyclic) bond motifs is 1. The van der Waals surface area contributed by atoms with Gasteiger partial charge in [-0.15, -0.1) is 0 Å². The highest BCUT2D eigenvalue weighted by Gasteiger charge is 2.32. The van der Waals surface area contributed by atoms with Gasteiger partial charge in [0.25, 0.3) is 0 Å². The normalized spacial score (nSPS) is 32.2. The van der Waals surface area contributed by atoms with Crippen molar-refractivity contribution in [2.45, 2.75) is 38.6 Å². The van der Waals surface area contributed by atoms with E-state index in [1.165, 1.54) is 0 Å². The smallest absolute Gasteiger partial charge is 0.226 e. The van der Waals surface area contributed by atoms with Gasteiger partial charge >= 0.3 is 0 Å². The van der Waals surface area contributed by atoms with E-state index in [0.717, 1.165) is 31.1 Å². The average Bonchev–Trinajstić information content (AvgIpc) is 2.17. The number of hydrogen-bond donors (Lipinski definition) is 0. The van der Waals surface area contributed by atoms with Gasteiger partial charge in [-0.25, -0.2) is 0 Å². The minimum atomic E-state index is 0.174. The molecule has 0 aromatic rings. The number of amides is 1. The van der Waals surface area contributed by atoms with Gasteiger partial charge in [-0.2, -0.15) is 0 Å². The molecule has 2 aliphatic heterocycles. The Balaban J connectivity index is 2.26. The van der Waals surface area contributed by atoms with E-state index in [-0.39, 0.29) is 5.91 Å². The summed E-state index contributed by atoms with van der Waals surface area (Å²) in [6.07, 6.45) is 6.29. The Bertz CT molecular complexity index is 296. The molecule has 0 N–H and O–H groups in total. The Hall–Kier alpha value is -1.12. The van der Waals surface area contributed by atoms with Crippen LogP contribution in [0.4, 0.5) is 0 Å². The van der Waals surface area contributed by atoms with Crippen LogP contribution in [-0.4, -0.2) is 23.1 Å². The van der Waals surface area contributed by atoms with Crippen molar-refractivity contribution in [3.05, 3.63) is 11.8 Å². The molecular formula is C11H15NO2. The van der Waals surface area contributed by atoms with Gasteiger partial charge < -0.3 is 4.90 Å². The van der Waals surface area contributed by atoms with Crippen molar-refractivity contribution in [1.29, 1.82) is 0 Å². The molecule has 0 spiro atoms. The van der Waals surface area contributed by atoms with Crippen LogP contribution < -0.4 is 0 Å². The van der Waals surface area contributed by atoms with Gasteiger partial charge in [0.2, 0.25) is 5.91 Å². The van der Waals surface area contributed by atoms with E-state index in [2.05, 4.69) is 6.92 Å². The molecule has 0 unspecified atom stereocenters. The molecule has 2 aliphatic rings. The molecule has 0 saturated carbocycles. The lowest BCUT2D eigenvalue weighted by Gasteiger charge is -2.38. The van der Waals surface area contributed by atoms with E-state index in [1.54, 1.807) is 11.1 Å². The molecule has 0 aromatic carbocycles. The number of rotatable bonds is 1. The van der Waals surface area contributed by atoms with Crippen molar-refractivity contribution in [1.82, 2.24) is 4.90 Å². The molecule has 2 heterocycles. The Morgan fingerprint density at radius 2 is 2.36 bits per heavy atom. The summed E-state index contributed by atoms with van der Waals surface area (Å²) < 4.78 is 0. The Labute approximate surface area is 83.8 Å². The van der Waals surface area contributed by atoms with Gasteiger partial charge in [0.1, 0.15) is 6.29 Å². The second kappa shape index (κ2) is 3.56. The molecule has 1 saturated heterocycles. The van der Waals surface area contributed by atoms with Crippen LogP contribution in [0.3, 0.4) is 0 Å². The van der Waals surface area contributed by atoms with Gasteiger partial charge in [0, 0.05) is 24.2 Å². The molecule has 2 atom stereocenters. The van der Waals surface area contributed by atoms with Crippen molar-refractivity contribution in [3.63, 3.8) is 0 Å². The van der Waals surface area contributed by atoms with E-state index < -0.39 is 0 Å². The lowest BCUT2D eigenvalue weighted by atomic mass is 9.86. The van der Waals surface area contributed by atoms with Gasteiger partial charge in [0.15, 0.2) is 0 Å². The third kappa shape index (κ3) is 1.47. The topological polar surface area (TPSA) is 37.4 Å². The highest BCUT2D eigenvalue weighted by atomic mass is 16.2. The number of carbonyl (C=O) groups is 2. The van der Waals surface area contributed by atoms with E-state index in [1.807, 2.05) is 0 Å². The molecule has 0 aliphatic carbocycles. The molecule has 76 valence electrons. The maximum atomic E-state index is 11.6. The predicted octanol–water partition coefficient (Wildman–Crippen LogP) is 1.49. The molecular weight excluding hydrogens is 178 g/mol. The predicted molar refractivity (Wildman–Crippen MR) is 52.4 cm³/mol. The summed E-state index contributed by atoms with van der Waals surface area (Å²) in [5, 5.41) is 0. The van der Waals surface area contributed by atoms with Crippen LogP contribution >= 0.6 is 0 Å². The summed E-state index contributed by atoms with van der Waals surface area (Å²) in [5.41, 5.74) is 0.761. The summed E-state index contributed by atoms with van der Waals surface area (Å²) in [4.78, 5) is 24.1. The number of nitrogens with zero attached hydrogens (tertiary/aromatic N) is 1. The minimum Gasteiger partial charge on any atom is -0.316 e. The van der Waals surface area contributed by atoms with Gasteiger partial charge in [0.05, 0.1) is 0 Å². The van der Waals surface area contributed by atoms with Gasteiger partial charge in [-0.1, -0.05) is 6.92 Å². The molecule has 1 fully saturated rings. The molecule has 14 heavy (non-hydrogen) atoms. The number of hydrogen-bond acceptors (Lipinski definition) is 2. The third-order valence-corrected chi connectivity index (χ3v) is 3.23. The maximum Gasteiger partial charge on any atom is 0.226 e. The van der Waals surface area contributed by atoms with Gasteiger partial charge in [-0.05, 0) is 25.2 Å². The lowest BCUT2D eigenvalue weighted by Crippen LogP contribution is -2.43. The van der Waals surface area contributed by atoms with Crippen LogP contribution in [0, 0.1) is 5.92 Å². The SMILES string of the molecule is C[C@@H]1C[C@@H]2CCCC(=O)N2C=C1C=O. The van der Waals surface area contributed by atoms with E-state index in [0.29, 0.717) is 18.4 Å². The van der Waals surface area contributed by atoms with Crippen LogP contribution in [0.2, 0.25) is 0 Å². The molecule has 2 rings (SSSR count). The zero-order valence-corrected chi connectivity index (χ0v) is 8.40. The number of carbonyl (C=O) groups excluding carboxylic acids is 2. The first-order chi connectivity index (χ1) is 6.72. The minimum absolute atomic E-state index is 0.174. The lowest BCUT2D eigenvalue weighted by molar-refractivity contribution is -0.133. The summed E-state index contributed by atoms with van der Waals surface area (Å²) in [5.74, 6) is 0.479. The third-order valence-electron chi connectivity index (χ3n) is 3.23. The summed E-state index contributed by atoms with van der Waals surface area (Å²) in [7, 11) is 0. The fourth-order valence-electron chi connectivity index (χ4n) is 2.35. The van der Waals surface area contributed by atoms with Crippen molar-refractivity contribution in [2.24, 2.45) is 5.92 Å². The van der Waals surface area contributed by atoms with E-state index >= 15 is 0 Å². The first-order valence-electron chi connectivity index (χ1n) is 5.20. The Morgan fingerprint density at radius 3 is 3.07 bits per heavy atom. The number of piperidine rings is 1. The maximum absolute atomic E-state index is 11.6. The summed E-state index contributed by atoms with van der Waals surface area (Å²) in [6, 6.07) is 0.343. The van der Waals surface area contributed by atoms with Crippen molar-refractivity contribution in [3.8, 4) is 0 Å². The first kappa shape index (κ1) is 9.44. The van der Waals surface area contributed by atoms with Crippen LogP contribution in [0.1, 0.15) is 32.6 Å². The van der Waals surface area contributed by atoms with Crippen LogP contribution in [0.5, 0.6) is 0 Å². The highest BCUT2D eigenvalue weighted by molar-refractivity contribution is 5.81. The Kier molecular flexibility index (Phi) is 2.40. The first-order valence-corrected chi connectivity index (χ1v) is 5.20. The second-order valence-electron chi connectivity index (χ2n) is 4.23. The summed E-state index contributed by atoms with van der Waals surface area (Å²) >= 11 is 0. The number of aldehydes is 1. The zero-order chi connectivity index (χ0) is 10.1. The fraction of sp³-hybridized carbons (Fsp3) is 0.636. The monoisotopic (exact) mass is 193 g/mol. The van der Waals surface area contributed by atoms with Crippen LogP contribution in [-0.2, 0) is 9.59 Å². The van der Waals surface area contributed by atoms with Gasteiger partial charge in [-0.3, -0.25) is 9.59 Å². The van der Waals surface area contributed by atoms with E-state index in [4.69, 9.17) is 0 Å². The molecule has 0 aromatic heterocycles. The molecule has 3 heteroatoms. The van der Waals surface area contributed by atoms with Crippen molar-refractivity contribution >= 4 is 12.2 Å². The van der Waals surface area contributed by atoms with Crippen LogP contribution in [0.25, 0.3) is 0 Å². The standard InChI is InChI=1S/C11H15NO2/c1-8-5-10-3-2-4-11(14)12(10)6-9(8)7-13/h6-8,10H,2-5H2,1H3/t8-,10+/m1/s1. The Morgan fingerprint density at radius 1 is 1.57 bits per heavy atom. The molecule has 0 radical (unpaired) electrons.